The van der Waals surface area contributed by atoms with Crippen LogP contribution in [0.5, 0.6) is 0 Å². The Kier molecular flexibility index (Phi) is 5.04. The van der Waals surface area contributed by atoms with E-state index in [1.54, 1.807) is 12.4 Å². The van der Waals surface area contributed by atoms with Crippen LogP contribution in [-0.2, 0) is 0 Å². The molecule has 0 unspecified atom stereocenters. The third-order valence-electron chi connectivity index (χ3n) is 2.96. The molecule has 0 saturated heterocycles. The van der Waals surface area contributed by atoms with Crippen molar-refractivity contribution in [3.63, 3.8) is 0 Å². The molecule has 2 rings (SSSR count). The molecule has 1 aromatic heterocycles. The Labute approximate surface area is 119 Å². The monoisotopic (exact) mass is 275 g/mol. The summed E-state index contributed by atoms with van der Waals surface area (Å²) in [6.07, 6.45) is 4.44. The largest absolute Gasteiger partial charge is 0.384 e. The lowest BCUT2D eigenvalue weighted by Gasteiger charge is -2.19. The van der Waals surface area contributed by atoms with Crippen LogP contribution in [0.1, 0.15) is 6.42 Å². The van der Waals surface area contributed by atoms with Gasteiger partial charge in [0.2, 0.25) is 0 Å². The smallest absolute Gasteiger partial charge is 0.0820 e. The first kappa shape index (κ1) is 13.7. The molecule has 1 heterocycles. The number of halogens is 1. The van der Waals surface area contributed by atoms with E-state index in [1.807, 2.05) is 12.1 Å². The van der Waals surface area contributed by atoms with Crippen molar-refractivity contribution in [3.05, 3.63) is 53.8 Å². The maximum absolute atomic E-state index is 6.03. The van der Waals surface area contributed by atoms with Crippen molar-refractivity contribution in [2.24, 2.45) is 0 Å². The molecule has 2 aromatic rings. The highest BCUT2D eigenvalue weighted by Crippen LogP contribution is 2.19. The van der Waals surface area contributed by atoms with Crippen molar-refractivity contribution in [1.29, 1.82) is 0 Å². The SMILES string of the molecule is CN(CCCNc1ccncc1Cl)c1ccccc1. The first-order valence-electron chi connectivity index (χ1n) is 6.37. The van der Waals surface area contributed by atoms with Gasteiger partial charge in [0.05, 0.1) is 10.7 Å². The molecule has 0 amide bonds. The van der Waals surface area contributed by atoms with Gasteiger partial charge in [-0.2, -0.15) is 0 Å². The summed E-state index contributed by atoms with van der Waals surface area (Å²) in [5, 5.41) is 3.99. The van der Waals surface area contributed by atoms with Crippen molar-refractivity contribution >= 4 is 23.0 Å². The van der Waals surface area contributed by atoms with E-state index in [0.29, 0.717) is 5.02 Å². The Bertz CT molecular complexity index is 502. The van der Waals surface area contributed by atoms with E-state index >= 15 is 0 Å². The average Bonchev–Trinajstić information content (AvgIpc) is 2.46. The molecule has 0 aliphatic carbocycles. The van der Waals surface area contributed by atoms with Gasteiger partial charge in [-0.1, -0.05) is 29.8 Å². The topological polar surface area (TPSA) is 28.2 Å². The molecule has 0 spiro atoms. The van der Waals surface area contributed by atoms with Crippen LogP contribution in [-0.4, -0.2) is 25.1 Å². The quantitative estimate of drug-likeness (QED) is 0.815. The van der Waals surface area contributed by atoms with Crippen LogP contribution in [0.15, 0.2) is 48.8 Å². The second-order valence-corrected chi connectivity index (χ2v) is 4.80. The molecule has 0 aliphatic heterocycles. The first-order valence-corrected chi connectivity index (χ1v) is 6.75. The highest BCUT2D eigenvalue weighted by molar-refractivity contribution is 6.33. The number of benzene rings is 1. The Morgan fingerprint density at radius 1 is 1.21 bits per heavy atom. The summed E-state index contributed by atoms with van der Waals surface area (Å²) in [5.41, 5.74) is 2.18. The molecule has 19 heavy (non-hydrogen) atoms. The predicted molar refractivity (Wildman–Crippen MR) is 82.1 cm³/mol. The highest BCUT2D eigenvalue weighted by Gasteiger charge is 2.00. The number of hydrogen-bond donors (Lipinski definition) is 1. The van der Waals surface area contributed by atoms with Crippen LogP contribution in [0.3, 0.4) is 0 Å². The van der Waals surface area contributed by atoms with Crippen molar-refractivity contribution < 1.29 is 0 Å². The van der Waals surface area contributed by atoms with Crippen molar-refractivity contribution in [2.45, 2.75) is 6.42 Å². The van der Waals surface area contributed by atoms with Crippen LogP contribution >= 0.6 is 11.6 Å². The molecular formula is C15H18ClN3. The number of pyridine rings is 1. The lowest BCUT2D eigenvalue weighted by Crippen LogP contribution is -2.20. The van der Waals surface area contributed by atoms with Gasteiger partial charge >= 0.3 is 0 Å². The van der Waals surface area contributed by atoms with E-state index in [-0.39, 0.29) is 0 Å². The minimum absolute atomic E-state index is 0.666. The lowest BCUT2D eigenvalue weighted by molar-refractivity contribution is 0.816. The van der Waals surface area contributed by atoms with Gasteiger partial charge in [-0.3, -0.25) is 4.98 Å². The van der Waals surface area contributed by atoms with E-state index in [2.05, 4.69) is 46.5 Å². The fourth-order valence-corrected chi connectivity index (χ4v) is 2.06. The third-order valence-corrected chi connectivity index (χ3v) is 3.26. The maximum Gasteiger partial charge on any atom is 0.0820 e. The van der Waals surface area contributed by atoms with Gasteiger partial charge in [-0.25, -0.2) is 0 Å². The Balaban J connectivity index is 1.74. The van der Waals surface area contributed by atoms with Crippen LogP contribution in [0.4, 0.5) is 11.4 Å². The first-order chi connectivity index (χ1) is 9.27. The van der Waals surface area contributed by atoms with E-state index in [1.165, 1.54) is 5.69 Å². The maximum atomic E-state index is 6.03. The Morgan fingerprint density at radius 2 is 2.00 bits per heavy atom. The normalized spacial score (nSPS) is 10.2. The minimum atomic E-state index is 0.666. The molecule has 4 heteroatoms. The van der Waals surface area contributed by atoms with E-state index < -0.39 is 0 Å². The van der Waals surface area contributed by atoms with E-state index in [4.69, 9.17) is 11.6 Å². The van der Waals surface area contributed by atoms with Gasteiger partial charge in [0, 0.05) is 38.2 Å². The zero-order valence-electron chi connectivity index (χ0n) is 11.0. The highest BCUT2D eigenvalue weighted by atomic mass is 35.5. The van der Waals surface area contributed by atoms with E-state index in [9.17, 15) is 0 Å². The van der Waals surface area contributed by atoms with Crippen molar-refractivity contribution in [3.8, 4) is 0 Å². The van der Waals surface area contributed by atoms with Gasteiger partial charge in [0.25, 0.3) is 0 Å². The number of hydrogen-bond acceptors (Lipinski definition) is 3. The number of nitrogens with one attached hydrogen (secondary N) is 1. The summed E-state index contributed by atoms with van der Waals surface area (Å²) in [7, 11) is 2.11. The average molecular weight is 276 g/mol. The molecule has 0 aliphatic rings. The summed E-state index contributed by atoms with van der Waals surface area (Å²) in [6, 6.07) is 12.3. The molecule has 1 N–H and O–H groups in total. The Hall–Kier alpha value is -1.74. The zero-order valence-corrected chi connectivity index (χ0v) is 11.8. The zero-order chi connectivity index (χ0) is 13.5. The van der Waals surface area contributed by atoms with Gasteiger partial charge in [0.15, 0.2) is 0 Å². The van der Waals surface area contributed by atoms with Crippen LogP contribution in [0.25, 0.3) is 0 Å². The van der Waals surface area contributed by atoms with Gasteiger partial charge in [0.1, 0.15) is 0 Å². The second-order valence-electron chi connectivity index (χ2n) is 4.39. The molecule has 0 fully saturated rings. The van der Waals surface area contributed by atoms with E-state index in [0.717, 1.165) is 25.2 Å². The number of nitrogens with zero attached hydrogens (tertiary/aromatic N) is 2. The third kappa shape index (κ3) is 4.14. The van der Waals surface area contributed by atoms with Crippen molar-refractivity contribution in [2.75, 3.05) is 30.4 Å². The fraction of sp³-hybridized carbons (Fsp3) is 0.267. The molecule has 0 bridgehead atoms. The second kappa shape index (κ2) is 7.00. The lowest BCUT2D eigenvalue weighted by atomic mass is 10.3. The standard InChI is InChI=1S/C15H18ClN3/c1-19(13-6-3-2-4-7-13)11-5-9-18-15-8-10-17-12-14(15)16/h2-4,6-8,10,12H,5,9,11H2,1H3,(H,17,18). The van der Waals surface area contributed by atoms with Crippen LogP contribution < -0.4 is 10.2 Å². The number of aromatic nitrogens is 1. The Morgan fingerprint density at radius 3 is 2.74 bits per heavy atom. The molecule has 0 atom stereocenters. The van der Waals surface area contributed by atoms with Crippen LogP contribution in [0, 0.1) is 0 Å². The molecule has 1 aromatic carbocycles. The van der Waals surface area contributed by atoms with Gasteiger partial charge < -0.3 is 10.2 Å². The minimum Gasteiger partial charge on any atom is -0.384 e. The molecular weight excluding hydrogens is 258 g/mol. The summed E-state index contributed by atoms with van der Waals surface area (Å²) < 4.78 is 0. The number of anilines is 2. The summed E-state index contributed by atoms with van der Waals surface area (Å²) >= 11 is 6.03. The van der Waals surface area contributed by atoms with Crippen LogP contribution in [0.2, 0.25) is 5.02 Å². The van der Waals surface area contributed by atoms with Gasteiger partial charge in [-0.15, -0.1) is 0 Å². The number of para-hydroxylation sites is 1. The summed E-state index contributed by atoms with van der Waals surface area (Å²) in [5.74, 6) is 0. The molecule has 0 saturated carbocycles. The molecule has 0 radical (unpaired) electrons. The molecule has 3 nitrogen and oxygen atoms in total. The van der Waals surface area contributed by atoms with Crippen molar-refractivity contribution in [1.82, 2.24) is 4.98 Å². The predicted octanol–water partition coefficient (Wildman–Crippen LogP) is 3.67. The summed E-state index contributed by atoms with van der Waals surface area (Å²) in [4.78, 5) is 6.21. The fourth-order valence-electron chi connectivity index (χ4n) is 1.87. The molecule has 100 valence electrons. The van der Waals surface area contributed by atoms with Gasteiger partial charge in [-0.05, 0) is 24.6 Å². The number of rotatable bonds is 6. The summed E-state index contributed by atoms with van der Waals surface area (Å²) in [6.45, 7) is 1.89.